The molecule has 210 valence electrons. The Labute approximate surface area is 242 Å². The van der Waals surface area contributed by atoms with Gasteiger partial charge in [0.05, 0.1) is 18.4 Å². The number of hydrogen-bond donors (Lipinski definition) is 2. The van der Waals surface area contributed by atoms with Gasteiger partial charge < -0.3 is 14.7 Å². The van der Waals surface area contributed by atoms with Gasteiger partial charge in [0.2, 0.25) is 0 Å². The molecule has 39 heavy (non-hydrogen) atoms. The molecule has 2 bridgehead atoms. The second-order valence-electron chi connectivity index (χ2n) is 11.3. The predicted molar refractivity (Wildman–Crippen MR) is 162 cm³/mol. The normalized spacial score (nSPS) is 28.4. The number of amides is 1. The third kappa shape index (κ3) is 6.61. The second-order valence-corrected chi connectivity index (χ2v) is 12.8. The van der Waals surface area contributed by atoms with Gasteiger partial charge in [-0.2, -0.15) is 0 Å². The van der Waals surface area contributed by atoms with E-state index in [-0.39, 0.29) is 17.7 Å². The molecule has 4 unspecified atom stereocenters. The topological polar surface area (TPSA) is 61.8 Å². The van der Waals surface area contributed by atoms with Crippen molar-refractivity contribution in [3.8, 4) is 5.75 Å². The number of allylic oxidation sites excluding steroid dienone is 1. The summed E-state index contributed by atoms with van der Waals surface area (Å²) in [6.45, 7) is 6.54. The zero-order chi connectivity index (χ0) is 27.4. The number of nitrogens with zero attached hydrogens (tertiary/aromatic N) is 1. The van der Waals surface area contributed by atoms with Crippen molar-refractivity contribution in [3.63, 3.8) is 0 Å². The minimum absolute atomic E-state index is 0.0653. The minimum atomic E-state index is -0.415. The highest BCUT2D eigenvalue weighted by Crippen LogP contribution is 2.42. The van der Waals surface area contributed by atoms with Gasteiger partial charge in [-0.1, -0.05) is 50.1 Å². The molecule has 2 heterocycles. The average Bonchev–Trinajstić information content (AvgIpc) is 3.09. The Kier molecular flexibility index (Phi) is 9.47. The molecule has 5 nitrogen and oxygen atoms in total. The summed E-state index contributed by atoms with van der Waals surface area (Å²) in [5, 5.41) is 12.1. The molecule has 1 aliphatic carbocycles. The second kappa shape index (κ2) is 13.0. The summed E-state index contributed by atoms with van der Waals surface area (Å²) < 4.78 is 9.53. The highest BCUT2D eigenvalue weighted by Gasteiger charge is 2.38. The lowest BCUT2D eigenvalue weighted by Gasteiger charge is -2.42. The first-order chi connectivity index (χ1) is 19.0. The number of nitrogens with one attached hydrogen (secondary N) is 1. The monoisotopic (exact) mass is 568 g/mol. The van der Waals surface area contributed by atoms with Crippen molar-refractivity contribution >= 4 is 35.1 Å². The Morgan fingerprint density at radius 2 is 2.00 bits per heavy atom. The molecule has 0 spiro atoms. The van der Waals surface area contributed by atoms with Gasteiger partial charge in [0, 0.05) is 34.8 Å². The van der Waals surface area contributed by atoms with Crippen molar-refractivity contribution in [1.29, 1.82) is 0 Å². The third-order valence-corrected chi connectivity index (χ3v) is 10.1. The number of carbonyl (C=O) groups excluding carboxylic acids is 1. The molecule has 0 saturated heterocycles. The van der Waals surface area contributed by atoms with Crippen LogP contribution >= 0.6 is 23.5 Å². The largest absolute Gasteiger partial charge is 0.491 e. The summed E-state index contributed by atoms with van der Waals surface area (Å²) in [6, 6.07) is 12.1. The van der Waals surface area contributed by atoms with Gasteiger partial charge in [0.25, 0.3) is 5.91 Å². The number of benzene rings is 2. The van der Waals surface area contributed by atoms with Crippen LogP contribution in [0.15, 0.2) is 48.6 Å². The van der Waals surface area contributed by atoms with E-state index in [1.165, 1.54) is 23.1 Å². The van der Waals surface area contributed by atoms with Gasteiger partial charge in [0.15, 0.2) is 0 Å². The number of ether oxygens (including phenoxy) is 1. The van der Waals surface area contributed by atoms with Crippen LogP contribution in [-0.4, -0.2) is 42.1 Å². The molecule has 2 N–H and O–H groups in total. The van der Waals surface area contributed by atoms with E-state index in [0.29, 0.717) is 23.3 Å². The Morgan fingerprint density at radius 1 is 1.13 bits per heavy atom. The fourth-order valence-electron chi connectivity index (χ4n) is 6.21. The standard InChI is InChI=1S/C32H41ClN2O3S/c1-3-7-21-16-25(33)12-14-27(21)24-19-35-18-23-10-13-28(23)30(36)9-6-5-8-26(4-2)39-34-32(37)22-11-15-31(38-20-24)29(35)17-22/h6,9,11-12,14-17,23-24,26,28,30,36H,3-5,7-8,10,13,18-20H2,1-2H3,(H,34,37)/b9-6+/t23?,24?,26?,28-,30?/m1/s1. The lowest BCUT2D eigenvalue weighted by atomic mass is 9.70. The van der Waals surface area contributed by atoms with E-state index < -0.39 is 6.10 Å². The molecule has 2 aromatic carbocycles. The Bertz CT molecular complexity index is 1190. The smallest absolute Gasteiger partial charge is 0.261 e. The number of aliphatic hydroxyl groups is 1. The van der Waals surface area contributed by atoms with Crippen LogP contribution in [0.2, 0.25) is 5.02 Å². The molecular weight excluding hydrogens is 528 g/mol. The van der Waals surface area contributed by atoms with Crippen molar-refractivity contribution in [2.24, 2.45) is 11.8 Å². The fraction of sp³-hybridized carbons (Fsp3) is 0.531. The first-order valence-electron chi connectivity index (χ1n) is 14.6. The van der Waals surface area contributed by atoms with Gasteiger partial charge in [-0.25, -0.2) is 0 Å². The number of aliphatic hydroxyl groups excluding tert-OH is 1. The van der Waals surface area contributed by atoms with E-state index in [4.69, 9.17) is 16.3 Å². The van der Waals surface area contributed by atoms with Crippen LogP contribution in [0, 0.1) is 11.8 Å². The predicted octanol–water partition coefficient (Wildman–Crippen LogP) is 7.17. The quantitative estimate of drug-likeness (QED) is 0.302. The number of carbonyl (C=O) groups is 1. The molecule has 0 aromatic heterocycles. The maximum atomic E-state index is 13.2. The van der Waals surface area contributed by atoms with Gasteiger partial charge in [-0.3, -0.25) is 9.52 Å². The van der Waals surface area contributed by atoms with Crippen LogP contribution in [0.3, 0.4) is 0 Å². The van der Waals surface area contributed by atoms with E-state index in [0.717, 1.165) is 74.5 Å². The fourth-order valence-corrected chi connectivity index (χ4v) is 7.22. The molecule has 0 radical (unpaired) electrons. The average molecular weight is 569 g/mol. The molecule has 7 heteroatoms. The summed E-state index contributed by atoms with van der Waals surface area (Å²) >= 11 is 7.90. The van der Waals surface area contributed by atoms with Crippen LogP contribution in [0.5, 0.6) is 5.75 Å². The summed E-state index contributed by atoms with van der Waals surface area (Å²) in [5.41, 5.74) is 4.19. The third-order valence-electron chi connectivity index (χ3n) is 8.64. The van der Waals surface area contributed by atoms with Crippen LogP contribution < -0.4 is 14.4 Å². The molecular formula is C32H41ClN2O3S. The van der Waals surface area contributed by atoms with Crippen LogP contribution in [0.1, 0.15) is 79.8 Å². The van der Waals surface area contributed by atoms with Crippen LogP contribution in [-0.2, 0) is 6.42 Å². The van der Waals surface area contributed by atoms with Crippen molar-refractivity contribution in [3.05, 3.63) is 70.3 Å². The van der Waals surface area contributed by atoms with Gasteiger partial charge in [-0.05, 0) is 104 Å². The van der Waals surface area contributed by atoms with Crippen LogP contribution in [0.25, 0.3) is 0 Å². The van der Waals surface area contributed by atoms with Crippen molar-refractivity contribution in [2.75, 3.05) is 24.6 Å². The number of fused-ring (bicyclic) bond motifs is 2. The van der Waals surface area contributed by atoms with E-state index in [1.54, 1.807) is 0 Å². The van der Waals surface area contributed by atoms with Gasteiger partial charge >= 0.3 is 0 Å². The minimum Gasteiger partial charge on any atom is -0.491 e. The lowest BCUT2D eigenvalue weighted by molar-refractivity contribution is 0.0461. The zero-order valence-corrected chi connectivity index (χ0v) is 24.6. The SMILES string of the molecule is CCCc1cc(Cl)ccc1C1COc2ccc3cc2N(C1)CC1CC[C@H]1C(O)/C=C/CCC(CC)SNC3=O. The zero-order valence-electron chi connectivity index (χ0n) is 23.1. The Morgan fingerprint density at radius 3 is 2.77 bits per heavy atom. The van der Waals surface area contributed by atoms with Crippen molar-refractivity contribution < 1.29 is 14.6 Å². The van der Waals surface area contributed by atoms with Crippen molar-refractivity contribution in [1.82, 2.24) is 4.72 Å². The highest BCUT2D eigenvalue weighted by molar-refractivity contribution is 7.98. The van der Waals surface area contributed by atoms with Crippen molar-refractivity contribution in [2.45, 2.75) is 76.1 Å². The molecule has 3 aliphatic rings. The molecule has 1 fully saturated rings. The molecule has 5 rings (SSSR count). The Hall–Kier alpha value is -2.15. The summed E-state index contributed by atoms with van der Waals surface area (Å²) in [4.78, 5) is 15.6. The summed E-state index contributed by atoms with van der Waals surface area (Å²) in [5.74, 6) is 1.57. The van der Waals surface area contributed by atoms with E-state index in [9.17, 15) is 9.90 Å². The van der Waals surface area contributed by atoms with E-state index in [1.807, 2.05) is 30.3 Å². The number of rotatable bonds is 4. The lowest BCUT2D eigenvalue weighted by Crippen LogP contribution is -2.44. The summed E-state index contributed by atoms with van der Waals surface area (Å²) in [7, 11) is 0. The highest BCUT2D eigenvalue weighted by atomic mass is 35.5. The van der Waals surface area contributed by atoms with Gasteiger partial charge in [-0.15, -0.1) is 0 Å². The number of hydrogen-bond acceptors (Lipinski definition) is 5. The molecule has 1 amide bonds. The Balaban J connectivity index is 1.49. The first kappa shape index (κ1) is 28.4. The number of halogens is 1. The summed E-state index contributed by atoms with van der Waals surface area (Å²) in [6.07, 6.45) is 10.7. The molecule has 5 atom stereocenters. The maximum absolute atomic E-state index is 13.2. The first-order valence-corrected chi connectivity index (χ1v) is 15.8. The van der Waals surface area contributed by atoms with E-state index in [2.05, 4.69) is 41.7 Å². The van der Waals surface area contributed by atoms with Crippen LogP contribution in [0.4, 0.5) is 5.69 Å². The van der Waals surface area contributed by atoms with Gasteiger partial charge in [0.1, 0.15) is 5.75 Å². The maximum Gasteiger partial charge on any atom is 0.261 e. The number of anilines is 1. The molecule has 1 saturated carbocycles. The molecule has 2 aliphatic heterocycles. The number of aryl methyl sites for hydroxylation is 1. The van der Waals surface area contributed by atoms with E-state index >= 15 is 0 Å². The molecule has 2 aromatic rings.